The Labute approximate surface area is 236 Å². The minimum Gasteiger partial charge on any atom is -0.379 e. The Hall–Kier alpha value is -2.67. The molecule has 2 N–H and O–H groups in total. The molecular weight excluding hydrogens is 553 g/mol. The number of hydrogen-bond donors (Lipinski definition) is 2. The van der Waals surface area contributed by atoms with Gasteiger partial charge in [0, 0.05) is 30.6 Å². The van der Waals surface area contributed by atoms with Crippen LogP contribution in [-0.2, 0) is 27.7 Å². The van der Waals surface area contributed by atoms with Crippen LogP contribution in [0.4, 0.5) is 5.00 Å². The van der Waals surface area contributed by atoms with E-state index in [9.17, 15) is 13.2 Å². The van der Waals surface area contributed by atoms with Crippen LogP contribution in [0.5, 0.6) is 0 Å². The number of nitrogens with zero attached hydrogens (tertiary/aromatic N) is 2. The number of hydrogen-bond acceptors (Lipinski definition) is 7. The summed E-state index contributed by atoms with van der Waals surface area (Å²) >= 11 is 3.28. The van der Waals surface area contributed by atoms with Gasteiger partial charge in [-0.15, -0.1) is 22.7 Å². The number of ether oxygens (including phenoxy) is 1. The van der Waals surface area contributed by atoms with E-state index in [1.165, 1.54) is 31.8 Å². The van der Waals surface area contributed by atoms with E-state index in [4.69, 9.17) is 9.72 Å². The third-order valence-corrected chi connectivity index (χ3v) is 11.6. The molecule has 0 radical (unpaired) electrons. The number of nitrogens with one attached hydrogen (secondary N) is 2. The highest BCUT2D eigenvalue weighted by molar-refractivity contribution is 7.89. The molecule has 1 amide bonds. The number of thiazole rings is 1. The van der Waals surface area contributed by atoms with Crippen LogP contribution in [0, 0.1) is 0 Å². The fraction of sp³-hybridized carbons (Fsp3) is 0.357. The number of quaternary nitrogens is 1. The number of carbonyl (C=O) groups excluding carboxylic acids is 1. The smallest absolute Gasteiger partial charge is 0.256 e. The molecule has 1 unspecified atom stereocenters. The van der Waals surface area contributed by atoms with Gasteiger partial charge in [-0.2, -0.15) is 4.31 Å². The van der Waals surface area contributed by atoms with Gasteiger partial charge >= 0.3 is 0 Å². The molecule has 2 aliphatic rings. The zero-order valence-corrected chi connectivity index (χ0v) is 24.3. The SMILES string of the molecule is CC(C)[NH+]1CCc2c(sc(NC(=O)c3ccc(S(=O)(=O)N4CCOCC4)cc3)c2-c2nc3ccccc3s2)C1. The molecule has 8 nitrogen and oxygen atoms in total. The maximum Gasteiger partial charge on any atom is 0.256 e. The molecule has 1 saturated heterocycles. The van der Waals surface area contributed by atoms with Gasteiger partial charge < -0.3 is 15.0 Å². The molecule has 0 bridgehead atoms. The molecule has 1 atom stereocenters. The zero-order valence-electron chi connectivity index (χ0n) is 21.9. The fourth-order valence-corrected chi connectivity index (χ4v) is 8.99. The predicted molar refractivity (Wildman–Crippen MR) is 155 cm³/mol. The van der Waals surface area contributed by atoms with E-state index in [0.717, 1.165) is 45.3 Å². The van der Waals surface area contributed by atoms with E-state index < -0.39 is 10.0 Å². The van der Waals surface area contributed by atoms with E-state index >= 15 is 0 Å². The Morgan fingerprint density at radius 1 is 1.08 bits per heavy atom. The third-order valence-electron chi connectivity index (χ3n) is 7.45. The van der Waals surface area contributed by atoms with Gasteiger partial charge in [-0.1, -0.05) is 12.1 Å². The summed E-state index contributed by atoms with van der Waals surface area (Å²) < 4.78 is 33.8. The van der Waals surface area contributed by atoms with Crippen molar-refractivity contribution in [3.05, 3.63) is 64.5 Å². The number of thiophene rings is 1. The van der Waals surface area contributed by atoms with E-state index in [2.05, 4.69) is 25.2 Å². The van der Waals surface area contributed by atoms with Crippen LogP contribution in [0.3, 0.4) is 0 Å². The van der Waals surface area contributed by atoms with Crippen molar-refractivity contribution in [2.75, 3.05) is 38.2 Å². The van der Waals surface area contributed by atoms with Gasteiger partial charge in [-0.05, 0) is 55.8 Å². The number of aromatic nitrogens is 1. The lowest BCUT2D eigenvalue weighted by Gasteiger charge is -2.27. The number of morpholine rings is 1. The van der Waals surface area contributed by atoms with Crippen LogP contribution in [0.1, 0.15) is 34.6 Å². The lowest BCUT2D eigenvalue weighted by molar-refractivity contribution is -0.936. The highest BCUT2D eigenvalue weighted by atomic mass is 32.2. The summed E-state index contributed by atoms with van der Waals surface area (Å²) in [6.07, 6.45) is 0.939. The second-order valence-electron chi connectivity index (χ2n) is 10.2. The molecule has 6 rings (SSSR count). The Morgan fingerprint density at radius 2 is 1.82 bits per heavy atom. The molecule has 1 fully saturated rings. The van der Waals surface area contributed by atoms with Crippen molar-refractivity contribution in [2.24, 2.45) is 0 Å². The van der Waals surface area contributed by atoms with Crippen LogP contribution < -0.4 is 10.2 Å². The minimum absolute atomic E-state index is 0.180. The van der Waals surface area contributed by atoms with Gasteiger partial charge in [0.05, 0.1) is 45.8 Å². The lowest BCUT2D eigenvalue weighted by Crippen LogP contribution is -3.14. The molecular formula is C28H31N4O4S3+. The number of rotatable bonds is 6. The van der Waals surface area contributed by atoms with Crippen LogP contribution in [0.2, 0.25) is 0 Å². The van der Waals surface area contributed by atoms with Gasteiger partial charge in [0.15, 0.2) is 0 Å². The summed E-state index contributed by atoms with van der Waals surface area (Å²) in [5.41, 5.74) is 3.67. The number of anilines is 1. The lowest BCUT2D eigenvalue weighted by atomic mass is 10.0. The van der Waals surface area contributed by atoms with Crippen molar-refractivity contribution in [3.63, 3.8) is 0 Å². The molecule has 11 heteroatoms. The topological polar surface area (TPSA) is 93.0 Å². The van der Waals surface area contributed by atoms with Gasteiger partial charge in [-0.25, -0.2) is 13.4 Å². The summed E-state index contributed by atoms with van der Waals surface area (Å²) in [5, 5.41) is 4.88. The standard InChI is InChI=1S/C28H30N4O4S3/c1-18(2)31-12-11-21-24(17-31)38-28(25(21)27-29-22-5-3-4-6-23(22)37-27)30-26(33)19-7-9-20(10-8-19)39(34,35)32-13-15-36-16-14-32/h3-10,18H,11-17H2,1-2H3,(H,30,33)/p+1. The highest BCUT2D eigenvalue weighted by Gasteiger charge is 2.31. The maximum absolute atomic E-state index is 13.4. The van der Waals surface area contributed by atoms with Crippen molar-refractivity contribution in [3.8, 4) is 10.6 Å². The van der Waals surface area contributed by atoms with Gasteiger partial charge in [0.2, 0.25) is 10.0 Å². The first kappa shape index (κ1) is 26.5. The number of fused-ring (bicyclic) bond motifs is 2. The average Bonchev–Trinajstić information content (AvgIpc) is 3.53. The second kappa shape index (κ2) is 10.7. The summed E-state index contributed by atoms with van der Waals surface area (Å²) in [6, 6.07) is 14.8. The predicted octanol–water partition coefficient (Wildman–Crippen LogP) is 3.65. The molecule has 4 heterocycles. The van der Waals surface area contributed by atoms with Crippen molar-refractivity contribution in [1.82, 2.24) is 9.29 Å². The van der Waals surface area contributed by atoms with Crippen molar-refractivity contribution in [2.45, 2.75) is 37.8 Å². The first-order valence-electron chi connectivity index (χ1n) is 13.2. The van der Waals surface area contributed by atoms with Crippen LogP contribution >= 0.6 is 22.7 Å². The Balaban J connectivity index is 1.31. The average molecular weight is 584 g/mol. The maximum atomic E-state index is 13.4. The van der Waals surface area contributed by atoms with Crippen molar-refractivity contribution >= 4 is 53.8 Å². The largest absolute Gasteiger partial charge is 0.379 e. The van der Waals surface area contributed by atoms with Crippen molar-refractivity contribution < 1.29 is 22.8 Å². The number of benzene rings is 2. The number of amides is 1. The van der Waals surface area contributed by atoms with Crippen LogP contribution in [0.25, 0.3) is 20.8 Å². The molecule has 4 aromatic rings. The number of carbonyl (C=O) groups is 1. The molecule has 0 saturated carbocycles. The summed E-state index contributed by atoms with van der Waals surface area (Å²) in [7, 11) is -3.62. The van der Waals surface area contributed by atoms with E-state index in [0.29, 0.717) is 37.9 Å². The number of sulfonamides is 1. The quantitative estimate of drug-likeness (QED) is 0.362. The van der Waals surface area contributed by atoms with Crippen molar-refractivity contribution in [1.29, 1.82) is 0 Å². The first-order chi connectivity index (χ1) is 18.8. The summed E-state index contributed by atoms with van der Waals surface area (Å²) in [5.74, 6) is -0.264. The third kappa shape index (κ3) is 5.15. The molecule has 204 valence electrons. The normalized spacial score (nSPS) is 18.4. The summed E-state index contributed by atoms with van der Waals surface area (Å²) in [4.78, 5) is 21.4. The molecule has 2 aromatic heterocycles. The molecule has 0 spiro atoms. The highest BCUT2D eigenvalue weighted by Crippen LogP contribution is 2.44. The fourth-order valence-electron chi connectivity index (χ4n) is 5.18. The van der Waals surface area contributed by atoms with Crippen LogP contribution in [0.15, 0.2) is 53.4 Å². The van der Waals surface area contributed by atoms with Gasteiger partial charge in [0.25, 0.3) is 5.91 Å². The Bertz CT molecular complexity index is 1590. The molecule has 2 aromatic carbocycles. The van der Waals surface area contributed by atoms with E-state index in [1.54, 1.807) is 34.8 Å². The van der Waals surface area contributed by atoms with E-state index in [1.807, 2.05) is 18.2 Å². The molecule has 0 aliphatic carbocycles. The number of para-hydroxylation sites is 1. The monoisotopic (exact) mass is 583 g/mol. The molecule has 39 heavy (non-hydrogen) atoms. The Kier molecular flexibility index (Phi) is 7.30. The minimum atomic E-state index is -3.62. The Morgan fingerprint density at radius 3 is 2.54 bits per heavy atom. The van der Waals surface area contributed by atoms with Gasteiger partial charge in [0.1, 0.15) is 16.6 Å². The molecule has 2 aliphatic heterocycles. The van der Waals surface area contributed by atoms with Crippen LogP contribution in [-0.4, -0.2) is 62.5 Å². The zero-order chi connectivity index (χ0) is 27.1. The summed E-state index contributed by atoms with van der Waals surface area (Å²) in [6.45, 7) is 7.90. The van der Waals surface area contributed by atoms with E-state index in [-0.39, 0.29) is 10.8 Å². The van der Waals surface area contributed by atoms with Gasteiger partial charge in [-0.3, -0.25) is 4.79 Å². The second-order valence-corrected chi connectivity index (χ2v) is 14.3. The first-order valence-corrected chi connectivity index (χ1v) is 16.2.